The highest BCUT2D eigenvalue weighted by Crippen LogP contribution is 2.57. The monoisotopic (exact) mass is 595 g/mol. The van der Waals surface area contributed by atoms with Crippen molar-refractivity contribution in [3.05, 3.63) is 22.7 Å². The van der Waals surface area contributed by atoms with Gasteiger partial charge in [0.2, 0.25) is 0 Å². The molecule has 0 bridgehead atoms. The van der Waals surface area contributed by atoms with Crippen LogP contribution in [0.1, 0.15) is 6.23 Å². The summed E-state index contributed by atoms with van der Waals surface area (Å²) in [5.74, 6) is -3.99. The first-order valence-corrected chi connectivity index (χ1v) is 13.0. The summed E-state index contributed by atoms with van der Waals surface area (Å²) in [5, 5.41) is 68.9. The summed E-state index contributed by atoms with van der Waals surface area (Å²) in [6.45, 7) is -1.04. The first kappa shape index (κ1) is 32.0. The quantitative estimate of drug-likeness (QED) is 0.100. The van der Waals surface area contributed by atoms with Crippen molar-refractivity contribution < 1.29 is 82.7 Å². The van der Waals surface area contributed by atoms with Gasteiger partial charge in [0.25, 0.3) is 5.91 Å². The van der Waals surface area contributed by atoms with E-state index in [0.29, 0.717) is 4.57 Å². The first-order valence-electron chi connectivity index (χ1n) is 9.95. The normalized spacial score (nSPS) is 26.7. The number of carbonyl (C=O) groups excluding carboxylic acids is 1. The Bertz CT molecular complexity index is 1170. The Morgan fingerprint density at radius 3 is 2.18 bits per heavy atom. The second-order valence-electron chi connectivity index (χ2n) is 7.58. The third kappa shape index (κ3) is 8.15. The molecule has 1 unspecified atom stereocenters. The molecule has 0 aliphatic carbocycles. The molecule has 2 rings (SSSR count). The summed E-state index contributed by atoms with van der Waals surface area (Å²) in [4.78, 5) is 64.9. The average molecular weight is 595 g/mol. The lowest BCUT2D eigenvalue weighted by Gasteiger charge is -2.23. The van der Waals surface area contributed by atoms with Crippen molar-refractivity contribution >= 4 is 33.3 Å². The lowest BCUT2D eigenvalue weighted by atomic mass is 10.0. The van der Waals surface area contributed by atoms with E-state index in [1.165, 1.54) is 0 Å². The van der Waals surface area contributed by atoms with E-state index in [2.05, 4.69) is 13.8 Å². The maximum atomic E-state index is 12.4. The van der Waals surface area contributed by atoms with Gasteiger partial charge in [-0.1, -0.05) is 0 Å². The van der Waals surface area contributed by atoms with Crippen molar-refractivity contribution in [2.75, 3.05) is 11.9 Å². The summed E-state index contributed by atoms with van der Waals surface area (Å²) < 4.78 is 35.9. The van der Waals surface area contributed by atoms with Crippen LogP contribution in [0.4, 0.5) is 5.82 Å². The minimum atomic E-state index is -5.43. The lowest BCUT2D eigenvalue weighted by Crippen LogP contribution is -2.51. The molecule has 21 nitrogen and oxygen atoms in total. The number of hydrogen-bond donors (Lipinski definition) is 11. The highest BCUT2D eigenvalue weighted by atomic mass is 31.3. The number of carbonyl (C=O) groups is 2. The molecular formula is C15H23N3O18P2. The second kappa shape index (κ2) is 12.3. The van der Waals surface area contributed by atoms with Gasteiger partial charge < -0.3 is 60.5 Å². The number of aliphatic hydroxyl groups excluding tert-OH is 6. The number of hydrogen-bond acceptors (Lipinski definition) is 15. The Labute approximate surface area is 210 Å². The molecule has 1 amide bonds. The molecule has 1 aromatic heterocycles. The fraction of sp³-hybridized carbons (Fsp3) is 0.600. The van der Waals surface area contributed by atoms with E-state index in [-0.39, 0.29) is 0 Å². The van der Waals surface area contributed by atoms with Crippen LogP contribution >= 0.6 is 15.6 Å². The van der Waals surface area contributed by atoms with E-state index in [1.54, 1.807) is 0 Å². The van der Waals surface area contributed by atoms with E-state index < -0.39 is 94.6 Å². The zero-order valence-corrected chi connectivity index (χ0v) is 20.3. The minimum absolute atomic E-state index is 0.556. The van der Waals surface area contributed by atoms with Gasteiger partial charge in [0.15, 0.2) is 18.4 Å². The SMILES string of the molecule is O=C(O)[C@@H](O)[C@@H](O)[C@H](O)[C@@H](O)C(=O)Nc1ccn([C@@H]2O[C@H](COP(=O)(O)OP(=O)(O)O)[C@@H](O)[C@H]2O)c(=O)n1. The van der Waals surface area contributed by atoms with Crippen LogP contribution in [0.3, 0.4) is 0 Å². The largest absolute Gasteiger partial charge is 0.481 e. The number of amides is 1. The molecule has 1 aliphatic rings. The Morgan fingerprint density at radius 1 is 1.08 bits per heavy atom. The van der Waals surface area contributed by atoms with Crippen molar-refractivity contribution in [1.82, 2.24) is 9.55 Å². The molecule has 1 fully saturated rings. The molecule has 216 valence electrons. The molecule has 0 saturated carbocycles. The van der Waals surface area contributed by atoms with Crippen molar-refractivity contribution in [2.24, 2.45) is 0 Å². The third-order valence-corrected chi connectivity index (χ3v) is 6.97. The third-order valence-electron chi connectivity index (χ3n) is 4.82. The predicted molar refractivity (Wildman–Crippen MR) is 114 cm³/mol. The topological polar surface area (TPSA) is 345 Å². The number of ether oxygens (including phenoxy) is 1. The van der Waals surface area contributed by atoms with Gasteiger partial charge in [-0.2, -0.15) is 9.29 Å². The summed E-state index contributed by atoms with van der Waals surface area (Å²) in [6.07, 6.45) is -16.1. The minimum Gasteiger partial charge on any atom is -0.479 e. The van der Waals surface area contributed by atoms with E-state index in [1.807, 2.05) is 5.32 Å². The van der Waals surface area contributed by atoms with Gasteiger partial charge in [-0.15, -0.1) is 0 Å². The summed E-state index contributed by atoms with van der Waals surface area (Å²) in [7, 11) is -10.8. The molecule has 0 spiro atoms. The molecule has 0 aromatic carbocycles. The zero-order chi connectivity index (χ0) is 29.2. The highest BCUT2D eigenvalue weighted by molar-refractivity contribution is 7.60. The van der Waals surface area contributed by atoms with Crippen LogP contribution in [0.2, 0.25) is 0 Å². The molecule has 2 heterocycles. The number of anilines is 1. The Balaban J connectivity index is 2.08. The number of nitrogens with zero attached hydrogens (tertiary/aromatic N) is 2. The van der Waals surface area contributed by atoms with E-state index in [4.69, 9.17) is 19.6 Å². The van der Waals surface area contributed by atoms with E-state index in [9.17, 15) is 59.0 Å². The van der Waals surface area contributed by atoms with Crippen LogP contribution in [0.15, 0.2) is 17.1 Å². The van der Waals surface area contributed by atoms with Gasteiger partial charge >= 0.3 is 27.3 Å². The number of phosphoric acid groups is 2. The van der Waals surface area contributed by atoms with Crippen molar-refractivity contribution in [2.45, 2.75) is 49.0 Å². The van der Waals surface area contributed by atoms with Crippen LogP contribution in [-0.4, -0.2) is 121 Å². The molecule has 23 heteroatoms. The number of aliphatic carboxylic acids is 1. The van der Waals surface area contributed by atoms with Crippen molar-refractivity contribution in [3.8, 4) is 0 Å². The fourth-order valence-electron chi connectivity index (χ4n) is 2.97. The van der Waals surface area contributed by atoms with Gasteiger partial charge in [0.1, 0.15) is 36.3 Å². The number of nitrogens with one attached hydrogen (secondary N) is 1. The molecule has 1 saturated heterocycles. The number of aromatic nitrogens is 2. The summed E-state index contributed by atoms with van der Waals surface area (Å²) in [5.41, 5.74) is -1.24. The zero-order valence-electron chi connectivity index (χ0n) is 18.5. The molecule has 9 atom stereocenters. The van der Waals surface area contributed by atoms with Gasteiger partial charge in [-0.25, -0.2) is 18.7 Å². The number of phosphoric ester groups is 1. The fourth-order valence-corrected chi connectivity index (χ4v) is 4.57. The molecule has 38 heavy (non-hydrogen) atoms. The summed E-state index contributed by atoms with van der Waals surface area (Å²) >= 11 is 0. The van der Waals surface area contributed by atoms with Gasteiger partial charge in [0, 0.05) is 6.20 Å². The molecule has 1 aromatic rings. The summed E-state index contributed by atoms with van der Waals surface area (Å²) in [6, 6.07) is 0.906. The number of rotatable bonds is 12. The maximum Gasteiger partial charge on any atom is 0.481 e. The van der Waals surface area contributed by atoms with Gasteiger partial charge in [-0.05, 0) is 6.07 Å². The smallest absolute Gasteiger partial charge is 0.479 e. The number of carboxylic acid groups (broad SMARTS) is 1. The maximum absolute atomic E-state index is 12.4. The standard InChI is InChI=1S/C15H23N3O18P2/c19-6-4(3-34-38(32,33)36-37(29,30)31)35-13(10(6)23)18-2-1-5(17-15(18)28)16-12(25)9(22)7(20)8(21)11(24)14(26)27/h1-2,4,6-11,13,19-24H,3H2,(H,26,27)(H,32,33)(H2,29,30,31)(H,16,17,25,28)/t4-,6-,7+,8+,9-,10-,11+,13-/m1/s1. The van der Waals surface area contributed by atoms with Crippen LogP contribution in [0.5, 0.6) is 0 Å². The molecule has 11 N–H and O–H groups in total. The lowest BCUT2D eigenvalue weighted by molar-refractivity contribution is -0.165. The average Bonchev–Trinajstić information content (AvgIpc) is 3.07. The van der Waals surface area contributed by atoms with E-state index >= 15 is 0 Å². The van der Waals surface area contributed by atoms with Crippen LogP contribution < -0.4 is 11.0 Å². The molecule has 1 aliphatic heterocycles. The first-order chi connectivity index (χ1) is 17.3. The van der Waals surface area contributed by atoms with Crippen molar-refractivity contribution in [1.29, 1.82) is 0 Å². The highest BCUT2D eigenvalue weighted by Gasteiger charge is 2.46. The Hall–Kier alpha value is -2.20. The number of carboxylic acids is 1. The van der Waals surface area contributed by atoms with Gasteiger partial charge in [0.05, 0.1) is 6.61 Å². The van der Waals surface area contributed by atoms with Crippen LogP contribution in [-0.2, 0) is 32.3 Å². The Kier molecular flexibility index (Phi) is 10.4. The Morgan fingerprint density at radius 2 is 1.66 bits per heavy atom. The second-order valence-corrected chi connectivity index (χ2v) is 10.4. The number of aliphatic hydroxyl groups is 6. The van der Waals surface area contributed by atoms with Gasteiger partial charge in [-0.3, -0.25) is 13.9 Å². The molecular weight excluding hydrogens is 572 g/mol. The van der Waals surface area contributed by atoms with E-state index in [0.717, 1.165) is 12.3 Å². The van der Waals surface area contributed by atoms with Crippen LogP contribution in [0, 0.1) is 0 Å². The molecule has 0 radical (unpaired) electrons. The predicted octanol–water partition coefficient (Wildman–Crippen LogP) is -5.44. The van der Waals surface area contributed by atoms with Crippen LogP contribution in [0.25, 0.3) is 0 Å². The van der Waals surface area contributed by atoms with Crippen molar-refractivity contribution in [3.63, 3.8) is 0 Å².